The summed E-state index contributed by atoms with van der Waals surface area (Å²) < 4.78 is 0. The van der Waals surface area contributed by atoms with Crippen LogP contribution < -0.4 is 10.7 Å². The van der Waals surface area contributed by atoms with Gasteiger partial charge in [0.2, 0.25) is 0 Å². The van der Waals surface area contributed by atoms with E-state index in [1.165, 1.54) is 0 Å². The second-order valence-corrected chi connectivity index (χ2v) is 4.19. The summed E-state index contributed by atoms with van der Waals surface area (Å²) in [6.45, 7) is 2.00. The minimum absolute atomic E-state index is 0.174. The summed E-state index contributed by atoms with van der Waals surface area (Å²) in [5.41, 5.74) is 5.00. The van der Waals surface area contributed by atoms with Crippen LogP contribution in [0.5, 0.6) is 0 Å². The molecule has 0 aliphatic rings. The van der Waals surface area contributed by atoms with Crippen LogP contribution in [-0.4, -0.2) is 23.1 Å². The monoisotopic (exact) mass is 268 g/mol. The standard InChI is InChI=1S/C15H16N4O/c1-12(13-6-5-9-16-10-13)18-19-15(20)11-17-14-7-3-2-4-8-14/h2-10,17H,11H2,1H3,(H,19,20)/b18-12+. The molecule has 2 N–H and O–H groups in total. The van der Waals surface area contributed by atoms with Gasteiger partial charge >= 0.3 is 0 Å². The lowest BCUT2D eigenvalue weighted by Crippen LogP contribution is -2.26. The van der Waals surface area contributed by atoms with Crippen LogP contribution in [0.15, 0.2) is 60.0 Å². The summed E-state index contributed by atoms with van der Waals surface area (Å²) in [7, 11) is 0. The van der Waals surface area contributed by atoms with Gasteiger partial charge in [-0.05, 0) is 25.1 Å². The van der Waals surface area contributed by atoms with Crippen molar-refractivity contribution in [2.75, 3.05) is 11.9 Å². The number of amides is 1. The third-order valence-electron chi connectivity index (χ3n) is 2.65. The molecular weight excluding hydrogens is 252 g/mol. The van der Waals surface area contributed by atoms with E-state index in [1.807, 2.05) is 49.4 Å². The van der Waals surface area contributed by atoms with Crippen molar-refractivity contribution in [3.8, 4) is 0 Å². The van der Waals surface area contributed by atoms with Crippen LogP contribution in [0.4, 0.5) is 5.69 Å². The number of anilines is 1. The minimum Gasteiger partial charge on any atom is -0.376 e. The molecule has 0 saturated carbocycles. The number of para-hydroxylation sites is 1. The fraction of sp³-hybridized carbons (Fsp3) is 0.133. The maximum Gasteiger partial charge on any atom is 0.259 e. The quantitative estimate of drug-likeness (QED) is 0.644. The zero-order chi connectivity index (χ0) is 14.2. The average molecular weight is 268 g/mol. The summed E-state index contributed by atoms with van der Waals surface area (Å²) >= 11 is 0. The highest BCUT2D eigenvalue weighted by Gasteiger charge is 2.01. The van der Waals surface area contributed by atoms with Crippen LogP contribution in [0.2, 0.25) is 0 Å². The fourth-order valence-corrected chi connectivity index (χ4v) is 1.57. The molecule has 0 unspecified atom stereocenters. The Morgan fingerprint density at radius 1 is 1.20 bits per heavy atom. The van der Waals surface area contributed by atoms with Crippen LogP contribution >= 0.6 is 0 Å². The van der Waals surface area contributed by atoms with Gasteiger partial charge in [0, 0.05) is 23.6 Å². The van der Waals surface area contributed by atoms with Crippen molar-refractivity contribution in [2.24, 2.45) is 5.10 Å². The summed E-state index contributed by atoms with van der Waals surface area (Å²) in [4.78, 5) is 15.7. The topological polar surface area (TPSA) is 66.4 Å². The molecule has 1 aromatic carbocycles. The summed E-state index contributed by atoms with van der Waals surface area (Å²) in [5, 5.41) is 7.06. The molecule has 0 atom stereocenters. The van der Waals surface area contributed by atoms with Crippen molar-refractivity contribution in [1.29, 1.82) is 0 Å². The number of pyridine rings is 1. The molecule has 2 aromatic rings. The van der Waals surface area contributed by atoms with Crippen LogP contribution in [-0.2, 0) is 4.79 Å². The van der Waals surface area contributed by atoms with E-state index in [-0.39, 0.29) is 12.5 Å². The molecule has 5 nitrogen and oxygen atoms in total. The molecule has 1 heterocycles. The number of hydrogen-bond donors (Lipinski definition) is 2. The summed E-state index contributed by atoms with van der Waals surface area (Å²) in [6, 6.07) is 13.3. The number of hydrogen-bond acceptors (Lipinski definition) is 4. The number of nitrogens with zero attached hydrogens (tertiary/aromatic N) is 2. The van der Waals surface area contributed by atoms with E-state index in [2.05, 4.69) is 20.8 Å². The van der Waals surface area contributed by atoms with Crippen molar-refractivity contribution >= 4 is 17.3 Å². The van der Waals surface area contributed by atoms with Gasteiger partial charge in [-0.15, -0.1) is 0 Å². The highest BCUT2D eigenvalue weighted by Crippen LogP contribution is 2.03. The molecule has 1 amide bonds. The zero-order valence-corrected chi connectivity index (χ0v) is 11.2. The van der Waals surface area contributed by atoms with E-state index in [0.29, 0.717) is 5.71 Å². The van der Waals surface area contributed by atoms with Crippen molar-refractivity contribution < 1.29 is 4.79 Å². The average Bonchev–Trinajstić information content (AvgIpc) is 2.52. The molecule has 1 aromatic heterocycles. The predicted octanol–water partition coefficient (Wildman–Crippen LogP) is 2.03. The normalized spacial score (nSPS) is 10.9. The highest BCUT2D eigenvalue weighted by atomic mass is 16.2. The number of rotatable bonds is 5. The van der Waals surface area contributed by atoms with Gasteiger partial charge in [0.1, 0.15) is 0 Å². The SMILES string of the molecule is C/C(=N\NC(=O)CNc1ccccc1)c1cccnc1. The third kappa shape index (κ3) is 4.20. The van der Waals surface area contributed by atoms with E-state index in [9.17, 15) is 4.79 Å². The highest BCUT2D eigenvalue weighted by molar-refractivity contribution is 5.99. The summed E-state index contributed by atoms with van der Waals surface area (Å²) in [5.74, 6) is -0.197. The van der Waals surface area contributed by atoms with E-state index >= 15 is 0 Å². The lowest BCUT2D eigenvalue weighted by atomic mass is 10.2. The van der Waals surface area contributed by atoms with Crippen LogP contribution in [0, 0.1) is 0 Å². The van der Waals surface area contributed by atoms with Crippen LogP contribution in [0.3, 0.4) is 0 Å². The molecule has 0 fully saturated rings. The van der Waals surface area contributed by atoms with Crippen molar-refractivity contribution in [2.45, 2.75) is 6.92 Å². The molecular formula is C15H16N4O. The van der Waals surface area contributed by atoms with E-state index < -0.39 is 0 Å². The van der Waals surface area contributed by atoms with Gasteiger partial charge in [-0.25, -0.2) is 5.43 Å². The van der Waals surface area contributed by atoms with Crippen molar-refractivity contribution in [1.82, 2.24) is 10.4 Å². The lowest BCUT2D eigenvalue weighted by molar-refractivity contribution is -0.119. The molecule has 102 valence electrons. The first-order valence-electron chi connectivity index (χ1n) is 6.28. The molecule has 2 rings (SSSR count). The second kappa shape index (κ2) is 7.04. The minimum atomic E-state index is -0.197. The van der Waals surface area contributed by atoms with Crippen LogP contribution in [0.25, 0.3) is 0 Å². The Bertz CT molecular complexity index is 581. The molecule has 0 spiro atoms. The lowest BCUT2D eigenvalue weighted by Gasteiger charge is -2.05. The van der Waals surface area contributed by atoms with Gasteiger partial charge in [0.25, 0.3) is 5.91 Å². The van der Waals surface area contributed by atoms with Gasteiger partial charge < -0.3 is 5.32 Å². The second-order valence-electron chi connectivity index (χ2n) is 4.19. The Labute approximate surface area is 117 Å². The van der Waals surface area contributed by atoms with Gasteiger partial charge in [-0.1, -0.05) is 24.3 Å². The number of hydrazone groups is 1. The van der Waals surface area contributed by atoms with Crippen molar-refractivity contribution in [3.63, 3.8) is 0 Å². The molecule has 0 bridgehead atoms. The smallest absolute Gasteiger partial charge is 0.259 e. The third-order valence-corrected chi connectivity index (χ3v) is 2.65. The number of carbonyl (C=O) groups excluding carboxylic acids is 1. The number of carbonyl (C=O) groups is 1. The maximum absolute atomic E-state index is 11.7. The largest absolute Gasteiger partial charge is 0.376 e. The fourth-order valence-electron chi connectivity index (χ4n) is 1.57. The Morgan fingerprint density at radius 3 is 2.70 bits per heavy atom. The maximum atomic E-state index is 11.7. The Hall–Kier alpha value is -2.69. The van der Waals surface area contributed by atoms with Gasteiger partial charge in [0.15, 0.2) is 0 Å². The predicted molar refractivity (Wildman–Crippen MR) is 79.5 cm³/mol. The van der Waals surface area contributed by atoms with E-state index in [1.54, 1.807) is 12.4 Å². The molecule has 0 aliphatic carbocycles. The zero-order valence-electron chi connectivity index (χ0n) is 11.2. The Morgan fingerprint density at radius 2 is 2.00 bits per heavy atom. The number of aromatic nitrogens is 1. The van der Waals surface area contributed by atoms with Gasteiger partial charge in [0.05, 0.1) is 12.3 Å². The molecule has 20 heavy (non-hydrogen) atoms. The van der Waals surface area contributed by atoms with E-state index in [0.717, 1.165) is 11.3 Å². The van der Waals surface area contributed by atoms with Gasteiger partial charge in [-0.2, -0.15) is 5.10 Å². The van der Waals surface area contributed by atoms with Crippen LogP contribution in [0.1, 0.15) is 12.5 Å². The molecule has 0 radical (unpaired) electrons. The molecule has 5 heteroatoms. The summed E-state index contributed by atoms with van der Waals surface area (Å²) in [6.07, 6.45) is 3.40. The van der Waals surface area contributed by atoms with Crippen molar-refractivity contribution in [3.05, 3.63) is 60.4 Å². The van der Waals surface area contributed by atoms with E-state index in [4.69, 9.17) is 0 Å². The molecule has 0 saturated heterocycles. The van der Waals surface area contributed by atoms with Gasteiger partial charge in [-0.3, -0.25) is 9.78 Å². The first-order chi connectivity index (χ1) is 9.75. The first-order valence-corrected chi connectivity index (χ1v) is 6.28. The Balaban J connectivity index is 1.83. The first kappa shape index (κ1) is 13.7. The molecule has 0 aliphatic heterocycles. The number of nitrogens with one attached hydrogen (secondary N) is 2. The Kier molecular flexibility index (Phi) is 4.83. The number of benzene rings is 1.